The molecule has 0 radical (unpaired) electrons. The van der Waals surface area contributed by atoms with Crippen molar-refractivity contribution in [3.05, 3.63) is 0 Å². The minimum absolute atomic E-state index is 0.171. The SMILES string of the molecule is O=C(O)CN1CCCN(CCCCCCO)CC1. The van der Waals surface area contributed by atoms with Crippen LogP contribution in [-0.2, 0) is 4.79 Å². The van der Waals surface area contributed by atoms with Gasteiger partial charge in [-0.1, -0.05) is 12.8 Å². The van der Waals surface area contributed by atoms with E-state index in [9.17, 15) is 4.79 Å². The fraction of sp³-hybridized carbons (Fsp3) is 0.923. The van der Waals surface area contributed by atoms with E-state index in [1.807, 2.05) is 4.90 Å². The van der Waals surface area contributed by atoms with Crippen LogP contribution in [0.2, 0.25) is 0 Å². The first-order valence-corrected chi connectivity index (χ1v) is 6.99. The lowest BCUT2D eigenvalue weighted by Crippen LogP contribution is -2.34. The Morgan fingerprint density at radius 2 is 1.61 bits per heavy atom. The number of carboxylic acid groups (broad SMARTS) is 1. The van der Waals surface area contributed by atoms with Crippen LogP contribution in [0, 0.1) is 0 Å². The highest BCUT2D eigenvalue weighted by atomic mass is 16.4. The number of hydrogen-bond donors (Lipinski definition) is 2. The van der Waals surface area contributed by atoms with Gasteiger partial charge in [0.25, 0.3) is 0 Å². The van der Waals surface area contributed by atoms with Crippen LogP contribution in [0.4, 0.5) is 0 Å². The van der Waals surface area contributed by atoms with E-state index in [0.717, 1.165) is 52.0 Å². The minimum Gasteiger partial charge on any atom is -0.480 e. The number of hydrogen-bond acceptors (Lipinski definition) is 4. The molecule has 1 fully saturated rings. The van der Waals surface area contributed by atoms with Crippen molar-refractivity contribution in [2.24, 2.45) is 0 Å². The molecule has 18 heavy (non-hydrogen) atoms. The quantitative estimate of drug-likeness (QED) is 0.625. The highest BCUT2D eigenvalue weighted by molar-refractivity contribution is 5.69. The molecule has 1 saturated heterocycles. The van der Waals surface area contributed by atoms with Crippen molar-refractivity contribution >= 4 is 5.97 Å². The second-order valence-electron chi connectivity index (χ2n) is 5.00. The molecular weight excluding hydrogens is 232 g/mol. The highest BCUT2D eigenvalue weighted by Crippen LogP contribution is 2.06. The van der Waals surface area contributed by atoms with Gasteiger partial charge in [0.2, 0.25) is 0 Å². The molecule has 0 unspecified atom stereocenters. The molecule has 106 valence electrons. The van der Waals surface area contributed by atoms with E-state index >= 15 is 0 Å². The third-order valence-corrected chi connectivity index (χ3v) is 3.42. The first kappa shape index (κ1) is 15.4. The smallest absolute Gasteiger partial charge is 0.317 e. The second kappa shape index (κ2) is 9.30. The molecule has 1 rings (SSSR count). The first-order chi connectivity index (χ1) is 8.72. The van der Waals surface area contributed by atoms with E-state index in [1.165, 1.54) is 12.8 Å². The van der Waals surface area contributed by atoms with Crippen LogP contribution in [0.5, 0.6) is 0 Å². The Hall–Kier alpha value is -0.650. The summed E-state index contributed by atoms with van der Waals surface area (Å²) in [6, 6.07) is 0. The van der Waals surface area contributed by atoms with E-state index < -0.39 is 5.97 Å². The Bertz CT molecular complexity index is 236. The van der Waals surface area contributed by atoms with Crippen molar-refractivity contribution in [3.8, 4) is 0 Å². The zero-order valence-electron chi connectivity index (χ0n) is 11.2. The summed E-state index contributed by atoms with van der Waals surface area (Å²) in [7, 11) is 0. The molecule has 0 aromatic heterocycles. The number of carbonyl (C=O) groups is 1. The first-order valence-electron chi connectivity index (χ1n) is 6.99. The predicted molar refractivity (Wildman–Crippen MR) is 70.7 cm³/mol. The summed E-state index contributed by atoms with van der Waals surface area (Å²) in [6.07, 6.45) is 5.43. The summed E-state index contributed by atoms with van der Waals surface area (Å²) >= 11 is 0. The molecular formula is C13H26N2O3. The third kappa shape index (κ3) is 6.93. The van der Waals surface area contributed by atoms with Crippen molar-refractivity contribution in [2.75, 3.05) is 45.9 Å². The van der Waals surface area contributed by atoms with Gasteiger partial charge in [-0.15, -0.1) is 0 Å². The number of aliphatic hydroxyl groups excluding tert-OH is 1. The number of nitrogens with zero attached hydrogens (tertiary/aromatic N) is 2. The number of unbranched alkanes of at least 4 members (excludes halogenated alkanes) is 3. The zero-order valence-corrected chi connectivity index (χ0v) is 11.2. The molecule has 2 N–H and O–H groups in total. The number of rotatable bonds is 8. The largest absolute Gasteiger partial charge is 0.480 e. The summed E-state index contributed by atoms with van der Waals surface area (Å²) in [5, 5.41) is 17.5. The van der Waals surface area contributed by atoms with Crippen LogP contribution >= 0.6 is 0 Å². The van der Waals surface area contributed by atoms with Crippen LogP contribution in [0.25, 0.3) is 0 Å². The van der Waals surface area contributed by atoms with Crippen molar-refractivity contribution in [3.63, 3.8) is 0 Å². The van der Waals surface area contributed by atoms with Crippen LogP contribution in [0.1, 0.15) is 32.1 Å². The van der Waals surface area contributed by atoms with Crippen LogP contribution in [0.15, 0.2) is 0 Å². The van der Waals surface area contributed by atoms with Gasteiger partial charge in [-0.05, 0) is 32.4 Å². The zero-order chi connectivity index (χ0) is 13.2. The fourth-order valence-electron chi connectivity index (χ4n) is 2.40. The Morgan fingerprint density at radius 1 is 0.944 bits per heavy atom. The van der Waals surface area contributed by atoms with E-state index in [-0.39, 0.29) is 6.54 Å². The Morgan fingerprint density at radius 3 is 2.33 bits per heavy atom. The molecule has 0 aromatic carbocycles. The highest BCUT2D eigenvalue weighted by Gasteiger charge is 2.15. The van der Waals surface area contributed by atoms with Gasteiger partial charge in [-0.3, -0.25) is 9.69 Å². The van der Waals surface area contributed by atoms with Crippen molar-refractivity contribution in [1.82, 2.24) is 9.80 Å². The average Bonchev–Trinajstić information content (AvgIpc) is 2.54. The summed E-state index contributed by atoms with van der Waals surface area (Å²) in [4.78, 5) is 15.1. The molecule has 1 aliphatic rings. The number of aliphatic hydroxyl groups is 1. The second-order valence-corrected chi connectivity index (χ2v) is 5.00. The van der Waals surface area contributed by atoms with Gasteiger partial charge in [-0.2, -0.15) is 0 Å². The molecule has 0 bridgehead atoms. The van der Waals surface area contributed by atoms with Gasteiger partial charge in [0.05, 0.1) is 6.54 Å². The van der Waals surface area contributed by atoms with E-state index in [1.54, 1.807) is 0 Å². The Kier molecular flexibility index (Phi) is 7.96. The molecule has 1 heterocycles. The van der Waals surface area contributed by atoms with Gasteiger partial charge in [0.15, 0.2) is 0 Å². The van der Waals surface area contributed by atoms with Crippen LogP contribution in [0.3, 0.4) is 0 Å². The van der Waals surface area contributed by atoms with Gasteiger partial charge in [-0.25, -0.2) is 0 Å². The molecule has 0 amide bonds. The maximum atomic E-state index is 10.7. The molecule has 5 nitrogen and oxygen atoms in total. The molecule has 0 spiro atoms. The Balaban J connectivity index is 2.11. The topological polar surface area (TPSA) is 64.0 Å². The summed E-state index contributed by atoms with van der Waals surface area (Å²) in [5.74, 6) is -0.729. The average molecular weight is 258 g/mol. The van der Waals surface area contributed by atoms with Gasteiger partial charge >= 0.3 is 5.97 Å². The summed E-state index contributed by atoms with van der Waals surface area (Å²) < 4.78 is 0. The number of aliphatic carboxylic acids is 1. The molecule has 0 aliphatic carbocycles. The fourth-order valence-corrected chi connectivity index (χ4v) is 2.40. The number of carboxylic acids is 1. The van der Waals surface area contributed by atoms with Crippen molar-refractivity contribution < 1.29 is 15.0 Å². The molecule has 5 heteroatoms. The third-order valence-electron chi connectivity index (χ3n) is 3.42. The molecule has 0 saturated carbocycles. The van der Waals surface area contributed by atoms with E-state index in [4.69, 9.17) is 10.2 Å². The van der Waals surface area contributed by atoms with Crippen LogP contribution < -0.4 is 0 Å². The summed E-state index contributed by atoms with van der Waals surface area (Å²) in [5.41, 5.74) is 0. The maximum Gasteiger partial charge on any atom is 0.317 e. The summed E-state index contributed by atoms with van der Waals surface area (Å²) in [6.45, 7) is 5.39. The predicted octanol–water partition coefficient (Wildman–Crippen LogP) is 0.631. The minimum atomic E-state index is -0.729. The molecule has 0 atom stereocenters. The lowest BCUT2D eigenvalue weighted by Gasteiger charge is -2.20. The molecule has 0 aromatic rings. The Labute approximate surface area is 109 Å². The standard InChI is InChI=1S/C13H26N2O3/c16-11-4-2-1-3-6-14-7-5-8-15(10-9-14)12-13(17)18/h16H,1-12H2,(H,17,18). The maximum absolute atomic E-state index is 10.7. The van der Waals surface area contributed by atoms with E-state index in [0.29, 0.717) is 6.61 Å². The van der Waals surface area contributed by atoms with Gasteiger partial charge in [0.1, 0.15) is 0 Å². The van der Waals surface area contributed by atoms with Crippen LogP contribution in [-0.4, -0.2) is 71.9 Å². The molecule has 1 aliphatic heterocycles. The van der Waals surface area contributed by atoms with E-state index in [2.05, 4.69) is 4.90 Å². The normalized spacial score (nSPS) is 18.7. The van der Waals surface area contributed by atoms with Gasteiger partial charge < -0.3 is 15.1 Å². The monoisotopic (exact) mass is 258 g/mol. The lowest BCUT2D eigenvalue weighted by atomic mass is 10.2. The lowest BCUT2D eigenvalue weighted by molar-refractivity contribution is -0.138. The van der Waals surface area contributed by atoms with Crippen molar-refractivity contribution in [2.45, 2.75) is 32.1 Å². The van der Waals surface area contributed by atoms with Crippen molar-refractivity contribution in [1.29, 1.82) is 0 Å². The van der Waals surface area contributed by atoms with Gasteiger partial charge in [0, 0.05) is 26.2 Å².